The van der Waals surface area contributed by atoms with Gasteiger partial charge in [-0.3, -0.25) is 4.79 Å². The van der Waals surface area contributed by atoms with Gasteiger partial charge in [0.15, 0.2) is 11.5 Å². The molecule has 0 saturated carbocycles. The average molecular weight is 382 g/mol. The topological polar surface area (TPSA) is 85.5 Å². The number of nitrogens with zero attached hydrogens (tertiary/aromatic N) is 1. The Morgan fingerprint density at radius 2 is 1.96 bits per heavy atom. The first-order valence-corrected chi connectivity index (χ1v) is 8.84. The number of unbranched alkanes of at least 4 members (excludes halogenated alkanes) is 2. The summed E-state index contributed by atoms with van der Waals surface area (Å²) in [7, 11) is 3.16. The van der Waals surface area contributed by atoms with Crippen molar-refractivity contribution in [3.63, 3.8) is 0 Å². The summed E-state index contributed by atoms with van der Waals surface area (Å²) in [6, 6.07) is 5.56. The van der Waals surface area contributed by atoms with Crippen LogP contribution in [0, 0.1) is 0 Å². The minimum absolute atomic E-state index is 0.0194. The average Bonchev–Trinajstić information content (AvgIpc) is 2.67. The first kappa shape index (κ1) is 19.9. The highest BCUT2D eigenvalue weighted by Gasteiger charge is 2.14. The molecule has 0 amide bonds. The van der Waals surface area contributed by atoms with Crippen molar-refractivity contribution in [2.24, 2.45) is 0 Å². The van der Waals surface area contributed by atoms with Crippen LogP contribution < -0.4 is 25.1 Å². The fourth-order valence-electron chi connectivity index (χ4n) is 2.37. The van der Waals surface area contributed by atoms with Crippen LogP contribution in [0.1, 0.15) is 31.7 Å². The number of anilines is 1. The molecule has 0 bridgehead atoms. The quantitative estimate of drug-likeness (QED) is 0.611. The Balaban J connectivity index is 2.15. The Morgan fingerprint density at radius 3 is 2.65 bits per heavy atom. The van der Waals surface area contributed by atoms with E-state index in [1.165, 1.54) is 0 Å². The number of methoxy groups -OCH3 is 2. The summed E-state index contributed by atoms with van der Waals surface area (Å²) in [6.45, 7) is 3.04. The van der Waals surface area contributed by atoms with Gasteiger partial charge in [-0.05, 0) is 24.1 Å². The van der Waals surface area contributed by atoms with Crippen LogP contribution in [0.4, 0.5) is 5.69 Å². The van der Waals surface area contributed by atoms with Gasteiger partial charge in [0.25, 0.3) is 11.4 Å². The summed E-state index contributed by atoms with van der Waals surface area (Å²) in [5.41, 5.74) is 0.833. The van der Waals surface area contributed by atoms with E-state index in [2.05, 4.69) is 22.4 Å². The molecule has 0 spiro atoms. The van der Waals surface area contributed by atoms with Gasteiger partial charge in [-0.15, -0.1) is 5.10 Å². The summed E-state index contributed by atoms with van der Waals surface area (Å²) in [5.74, 6) is 1.55. The molecule has 0 aliphatic heterocycles. The fraction of sp³-hybridized carbons (Fsp3) is 0.444. The largest absolute Gasteiger partial charge is 0.493 e. The van der Waals surface area contributed by atoms with Crippen LogP contribution in [0.2, 0.25) is 5.02 Å². The Morgan fingerprint density at radius 1 is 1.19 bits per heavy atom. The second-order valence-electron chi connectivity index (χ2n) is 5.65. The van der Waals surface area contributed by atoms with Gasteiger partial charge >= 0.3 is 0 Å². The maximum atomic E-state index is 11.8. The smallest absolute Gasteiger partial charge is 0.285 e. The summed E-state index contributed by atoms with van der Waals surface area (Å²) in [4.78, 5) is 11.8. The molecule has 1 heterocycles. The number of aromatic nitrogens is 2. The normalized spacial score (nSPS) is 10.5. The second-order valence-corrected chi connectivity index (χ2v) is 6.02. The van der Waals surface area contributed by atoms with Crippen molar-refractivity contribution in [3.8, 4) is 17.4 Å². The number of ether oxygens (including phenoxy) is 3. The number of halogens is 1. The van der Waals surface area contributed by atoms with E-state index in [1.807, 2.05) is 18.2 Å². The van der Waals surface area contributed by atoms with E-state index in [9.17, 15) is 4.79 Å². The van der Waals surface area contributed by atoms with Crippen LogP contribution >= 0.6 is 11.6 Å². The van der Waals surface area contributed by atoms with Crippen molar-refractivity contribution in [2.75, 3.05) is 26.1 Å². The van der Waals surface area contributed by atoms with E-state index in [4.69, 9.17) is 25.8 Å². The van der Waals surface area contributed by atoms with Crippen LogP contribution in [0.25, 0.3) is 0 Å². The molecule has 2 rings (SSSR count). The zero-order valence-corrected chi connectivity index (χ0v) is 16.0. The van der Waals surface area contributed by atoms with Gasteiger partial charge < -0.3 is 19.5 Å². The molecule has 0 aliphatic carbocycles. The van der Waals surface area contributed by atoms with E-state index in [1.54, 1.807) is 14.2 Å². The van der Waals surface area contributed by atoms with Gasteiger partial charge in [-0.1, -0.05) is 37.4 Å². The van der Waals surface area contributed by atoms with Crippen LogP contribution in [-0.4, -0.2) is 31.0 Å². The van der Waals surface area contributed by atoms with E-state index in [0.29, 0.717) is 30.3 Å². The van der Waals surface area contributed by atoms with Crippen LogP contribution in [0.5, 0.6) is 17.4 Å². The summed E-state index contributed by atoms with van der Waals surface area (Å²) >= 11 is 6.14. The molecule has 0 radical (unpaired) electrons. The number of nitrogens with one attached hydrogen (secondary N) is 2. The lowest BCUT2D eigenvalue weighted by atomic mass is 10.2. The molecular formula is C18H24ClN3O4. The maximum Gasteiger partial charge on any atom is 0.285 e. The minimum Gasteiger partial charge on any atom is -0.493 e. The summed E-state index contributed by atoms with van der Waals surface area (Å²) in [6.07, 6.45) is 3.06. The Kier molecular flexibility index (Phi) is 7.59. The van der Waals surface area contributed by atoms with Crippen molar-refractivity contribution in [2.45, 2.75) is 32.7 Å². The third-order valence-corrected chi connectivity index (χ3v) is 4.16. The Bertz CT molecular complexity index is 780. The van der Waals surface area contributed by atoms with Crippen molar-refractivity contribution in [1.29, 1.82) is 0 Å². The maximum absolute atomic E-state index is 11.8. The van der Waals surface area contributed by atoms with Crippen LogP contribution in [0.3, 0.4) is 0 Å². The van der Waals surface area contributed by atoms with Crippen molar-refractivity contribution >= 4 is 17.3 Å². The van der Waals surface area contributed by atoms with E-state index in [0.717, 1.165) is 24.8 Å². The fourth-order valence-corrected chi connectivity index (χ4v) is 2.56. The molecule has 0 unspecified atom stereocenters. The lowest BCUT2D eigenvalue weighted by Crippen LogP contribution is -2.15. The molecule has 0 fully saturated rings. The monoisotopic (exact) mass is 381 g/mol. The van der Waals surface area contributed by atoms with Gasteiger partial charge in [-0.25, -0.2) is 5.10 Å². The van der Waals surface area contributed by atoms with E-state index in [-0.39, 0.29) is 10.9 Å². The Hall–Kier alpha value is -2.41. The zero-order valence-electron chi connectivity index (χ0n) is 15.2. The zero-order chi connectivity index (χ0) is 18.9. The number of rotatable bonds is 10. The lowest BCUT2D eigenvalue weighted by Gasteiger charge is -2.14. The molecule has 26 heavy (non-hydrogen) atoms. The first-order chi connectivity index (χ1) is 12.6. The third-order valence-electron chi connectivity index (χ3n) is 3.80. The second kappa shape index (κ2) is 9.91. The number of hydrogen-bond donors (Lipinski definition) is 2. The van der Waals surface area contributed by atoms with Gasteiger partial charge in [0.05, 0.1) is 20.8 Å². The van der Waals surface area contributed by atoms with Crippen molar-refractivity contribution in [1.82, 2.24) is 10.2 Å². The number of aromatic amines is 1. The highest BCUT2D eigenvalue weighted by atomic mass is 35.5. The lowest BCUT2D eigenvalue weighted by molar-refractivity contribution is 0.292. The summed E-state index contributed by atoms with van der Waals surface area (Å²) in [5, 5.41) is 9.45. The minimum atomic E-state index is -0.470. The predicted molar refractivity (Wildman–Crippen MR) is 102 cm³/mol. The van der Waals surface area contributed by atoms with Gasteiger partial charge in [0.1, 0.15) is 10.7 Å². The number of hydrogen-bond acceptors (Lipinski definition) is 6. The van der Waals surface area contributed by atoms with Crippen molar-refractivity contribution in [3.05, 3.63) is 39.1 Å². The molecule has 0 saturated heterocycles. The predicted octanol–water partition coefficient (Wildman–Crippen LogP) is 3.62. The molecule has 8 heteroatoms. The highest BCUT2D eigenvalue weighted by molar-refractivity contribution is 6.33. The van der Waals surface area contributed by atoms with E-state index < -0.39 is 5.56 Å². The number of H-pyrrole nitrogens is 1. The SMILES string of the molecule is CCCCCOc1n[nH]c(=O)c(Cl)c1NCc1ccc(OC)c(OC)c1. The van der Waals surface area contributed by atoms with Crippen LogP contribution in [0.15, 0.2) is 23.0 Å². The molecule has 2 aromatic rings. The van der Waals surface area contributed by atoms with Crippen LogP contribution in [-0.2, 0) is 6.54 Å². The molecule has 1 aromatic carbocycles. The molecular weight excluding hydrogens is 358 g/mol. The summed E-state index contributed by atoms with van der Waals surface area (Å²) < 4.78 is 16.2. The van der Waals surface area contributed by atoms with E-state index >= 15 is 0 Å². The highest BCUT2D eigenvalue weighted by Crippen LogP contribution is 2.30. The van der Waals surface area contributed by atoms with Crippen molar-refractivity contribution < 1.29 is 14.2 Å². The molecule has 1 aromatic heterocycles. The standard InChI is InChI=1S/C18H24ClN3O4/c1-4-5-6-9-26-18-16(15(19)17(23)21-22-18)20-11-12-7-8-13(24-2)14(10-12)25-3/h7-8,10H,4-6,9,11H2,1-3H3,(H2,20,21,23). The first-order valence-electron chi connectivity index (χ1n) is 8.46. The molecule has 7 nitrogen and oxygen atoms in total. The van der Waals surface area contributed by atoms with Gasteiger partial charge in [-0.2, -0.15) is 0 Å². The number of benzene rings is 1. The Labute approximate surface area is 157 Å². The third kappa shape index (κ3) is 5.05. The molecule has 0 atom stereocenters. The molecule has 2 N–H and O–H groups in total. The molecule has 0 aliphatic rings. The van der Waals surface area contributed by atoms with Gasteiger partial charge in [0.2, 0.25) is 0 Å². The molecule has 142 valence electrons. The van der Waals surface area contributed by atoms with Gasteiger partial charge in [0, 0.05) is 6.54 Å².